The van der Waals surface area contributed by atoms with Crippen molar-refractivity contribution >= 4 is 15.9 Å². The Kier molecular flexibility index (Phi) is 4.78. The van der Waals surface area contributed by atoms with E-state index in [1.54, 1.807) is 0 Å². The van der Waals surface area contributed by atoms with E-state index in [0.717, 1.165) is 41.7 Å². The summed E-state index contributed by atoms with van der Waals surface area (Å²) in [4.78, 5) is 0. The van der Waals surface area contributed by atoms with Crippen molar-refractivity contribution in [2.75, 3.05) is 18.5 Å². The number of halogens is 1. The molecule has 0 saturated heterocycles. The fraction of sp³-hybridized carbons (Fsp3) is 0.667. The lowest BCUT2D eigenvalue weighted by Crippen LogP contribution is -2.31. The predicted molar refractivity (Wildman–Crippen MR) is 89.4 cm³/mol. The van der Waals surface area contributed by atoms with Crippen molar-refractivity contribution in [3.05, 3.63) is 24.3 Å². The van der Waals surface area contributed by atoms with E-state index in [-0.39, 0.29) is 0 Å². The maximum absolute atomic E-state index is 6.04. The van der Waals surface area contributed by atoms with Gasteiger partial charge >= 0.3 is 0 Å². The topological polar surface area (TPSA) is 18.5 Å². The molecule has 0 aromatic heterocycles. The zero-order valence-electron chi connectivity index (χ0n) is 12.8. The summed E-state index contributed by atoms with van der Waals surface area (Å²) in [5, 5.41) is 1.12. The molecule has 2 fully saturated rings. The van der Waals surface area contributed by atoms with Crippen molar-refractivity contribution in [2.24, 2.45) is 17.3 Å². The van der Waals surface area contributed by atoms with Gasteiger partial charge in [-0.25, -0.2) is 0 Å². The van der Waals surface area contributed by atoms with E-state index in [1.807, 2.05) is 31.2 Å². The molecule has 2 bridgehead atoms. The van der Waals surface area contributed by atoms with Gasteiger partial charge in [0.25, 0.3) is 0 Å². The fourth-order valence-corrected chi connectivity index (χ4v) is 5.27. The van der Waals surface area contributed by atoms with Gasteiger partial charge in [-0.1, -0.05) is 34.5 Å². The van der Waals surface area contributed by atoms with Crippen molar-refractivity contribution in [3.63, 3.8) is 0 Å². The van der Waals surface area contributed by atoms with Gasteiger partial charge < -0.3 is 9.47 Å². The average molecular weight is 353 g/mol. The van der Waals surface area contributed by atoms with Crippen LogP contribution in [0, 0.1) is 17.3 Å². The average Bonchev–Trinajstić information content (AvgIpc) is 3.10. The summed E-state index contributed by atoms with van der Waals surface area (Å²) in [6, 6.07) is 7.99. The molecule has 2 aliphatic carbocycles. The third-order valence-corrected chi connectivity index (χ3v) is 6.49. The van der Waals surface area contributed by atoms with Crippen LogP contribution >= 0.6 is 15.9 Å². The maximum atomic E-state index is 6.04. The lowest BCUT2D eigenvalue weighted by atomic mass is 9.72. The summed E-state index contributed by atoms with van der Waals surface area (Å²) >= 11 is 3.78. The van der Waals surface area contributed by atoms with E-state index < -0.39 is 0 Å². The van der Waals surface area contributed by atoms with Crippen LogP contribution in [0.25, 0.3) is 0 Å². The van der Waals surface area contributed by atoms with Crippen molar-refractivity contribution in [1.82, 2.24) is 0 Å². The third kappa shape index (κ3) is 3.08. The first-order chi connectivity index (χ1) is 10.3. The van der Waals surface area contributed by atoms with Gasteiger partial charge in [0.15, 0.2) is 11.5 Å². The van der Waals surface area contributed by atoms with Gasteiger partial charge in [-0.15, -0.1) is 0 Å². The lowest BCUT2D eigenvalue weighted by Gasteiger charge is -2.36. The first kappa shape index (κ1) is 15.2. The molecule has 2 saturated carbocycles. The number of alkyl halides is 1. The Hall–Kier alpha value is -0.700. The molecule has 0 aliphatic heterocycles. The molecule has 0 spiro atoms. The van der Waals surface area contributed by atoms with Crippen molar-refractivity contribution < 1.29 is 9.47 Å². The number of ether oxygens (including phenoxy) is 2. The van der Waals surface area contributed by atoms with Crippen LogP contribution in [0.3, 0.4) is 0 Å². The summed E-state index contributed by atoms with van der Waals surface area (Å²) in [6.45, 7) is 3.47. The van der Waals surface area contributed by atoms with Gasteiger partial charge in [-0.3, -0.25) is 0 Å². The molecule has 3 heteroatoms. The zero-order valence-corrected chi connectivity index (χ0v) is 14.4. The normalized spacial score (nSPS) is 30.6. The van der Waals surface area contributed by atoms with Gasteiger partial charge in [0.05, 0.1) is 13.2 Å². The Balaban J connectivity index is 1.58. The summed E-state index contributed by atoms with van der Waals surface area (Å²) in [7, 11) is 0. The highest BCUT2D eigenvalue weighted by Gasteiger charge is 2.49. The van der Waals surface area contributed by atoms with Gasteiger partial charge in [-0.2, -0.15) is 0 Å². The number of para-hydroxylation sites is 2. The SMILES string of the molecule is CCOc1ccccc1OCCC1(CBr)CC2CCC1C2. The van der Waals surface area contributed by atoms with E-state index in [2.05, 4.69) is 15.9 Å². The molecule has 2 nitrogen and oxygen atoms in total. The van der Waals surface area contributed by atoms with Crippen molar-refractivity contribution in [1.29, 1.82) is 0 Å². The second-order valence-corrected chi connectivity index (χ2v) is 7.12. The first-order valence-electron chi connectivity index (χ1n) is 8.18. The standard InChI is InChI=1S/C18H25BrO2/c1-2-20-16-5-3-4-6-17(16)21-10-9-18(13-19)12-14-7-8-15(18)11-14/h3-6,14-15H,2,7-13H2,1H3. The largest absolute Gasteiger partial charge is 0.490 e. The molecule has 0 amide bonds. The van der Waals surface area contributed by atoms with Crippen LogP contribution in [0.4, 0.5) is 0 Å². The molecule has 1 aromatic rings. The number of fused-ring (bicyclic) bond motifs is 2. The minimum absolute atomic E-state index is 0.476. The summed E-state index contributed by atoms with van der Waals surface area (Å²) in [6.07, 6.45) is 6.86. The number of benzene rings is 1. The number of hydrogen-bond acceptors (Lipinski definition) is 2. The summed E-state index contributed by atoms with van der Waals surface area (Å²) in [5.41, 5.74) is 0.476. The summed E-state index contributed by atoms with van der Waals surface area (Å²) in [5.74, 6) is 3.63. The smallest absolute Gasteiger partial charge is 0.161 e. The van der Waals surface area contributed by atoms with Crippen LogP contribution in [-0.4, -0.2) is 18.5 Å². The van der Waals surface area contributed by atoms with E-state index in [0.29, 0.717) is 12.0 Å². The molecule has 2 aliphatic rings. The molecule has 3 rings (SSSR count). The molecule has 116 valence electrons. The third-order valence-electron chi connectivity index (χ3n) is 5.38. The Bertz CT molecular complexity index is 476. The number of rotatable bonds is 7. The zero-order chi connectivity index (χ0) is 14.7. The van der Waals surface area contributed by atoms with Crippen molar-refractivity contribution in [2.45, 2.75) is 39.0 Å². The van der Waals surface area contributed by atoms with Gasteiger partial charge in [0, 0.05) is 5.33 Å². The molecular formula is C18H25BrO2. The van der Waals surface area contributed by atoms with Crippen LogP contribution in [0.2, 0.25) is 0 Å². The maximum Gasteiger partial charge on any atom is 0.161 e. The van der Waals surface area contributed by atoms with Crippen LogP contribution < -0.4 is 9.47 Å². The predicted octanol–water partition coefficient (Wildman–Crippen LogP) is 5.06. The Morgan fingerprint density at radius 3 is 2.52 bits per heavy atom. The van der Waals surface area contributed by atoms with Crippen LogP contribution in [0.5, 0.6) is 11.5 Å². The number of hydrogen-bond donors (Lipinski definition) is 0. The van der Waals surface area contributed by atoms with E-state index in [9.17, 15) is 0 Å². The second kappa shape index (κ2) is 6.60. The monoisotopic (exact) mass is 352 g/mol. The molecule has 0 radical (unpaired) electrons. The minimum Gasteiger partial charge on any atom is -0.490 e. The van der Waals surface area contributed by atoms with Crippen molar-refractivity contribution in [3.8, 4) is 11.5 Å². The minimum atomic E-state index is 0.476. The second-order valence-electron chi connectivity index (χ2n) is 6.55. The van der Waals surface area contributed by atoms with E-state index >= 15 is 0 Å². The molecular weight excluding hydrogens is 328 g/mol. The Morgan fingerprint density at radius 2 is 1.95 bits per heavy atom. The van der Waals surface area contributed by atoms with Gasteiger partial charge in [0.1, 0.15) is 0 Å². The molecule has 0 heterocycles. The van der Waals surface area contributed by atoms with Gasteiger partial charge in [0.2, 0.25) is 0 Å². The molecule has 3 unspecified atom stereocenters. The van der Waals surface area contributed by atoms with Gasteiger partial charge in [-0.05, 0) is 62.0 Å². The quantitative estimate of drug-likeness (QED) is 0.638. The lowest BCUT2D eigenvalue weighted by molar-refractivity contribution is 0.142. The van der Waals surface area contributed by atoms with E-state index in [1.165, 1.54) is 25.7 Å². The highest BCUT2D eigenvalue weighted by atomic mass is 79.9. The molecule has 3 atom stereocenters. The Labute approximate surface area is 136 Å². The fourth-order valence-electron chi connectivity index (χ4n) is 4.30. The van der Waals surface area contributed by atoms with Crippen LogP contribution in [-0.2, 0) is 0 Å². The van der Waals surface area contributed by atoms with E-state index in [4.69, 9.17) is 9.47 Å². The highest BCUT2D eigenvalue weighted by molar-refractivity contribution is 9.09. The summed E-state index contributed by atoms with van der Waals surface area (Å²) < 4.78 is 11.7. The Morgan fingerprint density at radius 1 is 1.19 bits per heavy atom. The van der Waals surface area contributed by atoms with Crippen LogP contribution in [0.15, 0.2) is 24.3 Å². The van der Waals surface area contributed by atoms with Crippen LogP contribution in [0.1, 0.15) is 39.0 Å². The molecule has 1 aromatic carbocycles. The molecule has 0 N–H and O–H groups in total. The molecule has 21 heavy (non-hydrogen) atoms. The first-order valence-corrected chi connectivity index (χ1v) is 9.30. The highest BCUT2D eigenvalue weighted by Crippen LogP contribution is 2.58.